The molecule has 2 aliphatic rings. The zero-order valence-corrected chi connectivity index (χ0v) is 12.7. The van der Waals surface area contributed by atoms with Gasteiger partial charge in [-0.1, -0.05) is 12.1 Å². The van der Waals surface area contributed by atoms with E-state index in [1.165, 1.54) is 24.9 Å². The maximum Gasteiger partial charge on any atom is 0.407 e. The van der Waals surface area contributed by atoms with Crippen molar-refractivity contribution < 1.29 is 19.4 Å². The Bertz CT molecular complexity index is 565. The molecular weight excluding hydrogens is 282 g/mol. The van der Waals surface area contributed by atoms with E-state index < -0.39 is 6.09 Å². The van der Waals surface area contributed by atoms with Crippen molar-refractivity contribution in [2.24, 2.45) is 11.8 Å². The molecule has 5 nitrogen and oxygen atoms in total. The summed E-state index contributed by atoms with van der Waals surface area (Å²) in [6, 6.07) is 7.01. The number of carbonyl (C=O) groups excluding carboxylic acids is 1. The molecule has 1 heterocycles. The van der Waals surface area contributed by atoms with Crippen LogP contribution in [0.2, 0.25) is 0 Å². The van der Waals surface area contributed by atoms with Crippen LogP contribution in [0.1, 0.15) is 47.6 Å². The number of benzene rings is 1. The molecule has 0 spiro atoms. The van der Waals surface area contributed by atoms with Crippen molar-refractivity contribution in [1.82, 2.24) is 4.90 Å². The van der Waals surface area contributed by atoms with E-state index >= 15 is 0 Å². The van der Waals surface area contributed by atoms with Crippen LogP contribution in [0, 0.1) is 11.8 Å². The lowest BCUT2D eigenvalue weighted by molar-refractivity contribution is 0.0600. The summed E-state index contributed by atoms with van der Waals surface area (Å²) in [5, 5.41) is 9.44. The predicted molar refractivity (Wildman–Crippen MR) is 80.7 cm³/mol. The molecule has 2 atom stereocenters. The average Bonchev–Trinajstić information content (AvgIpc) is 3.38. The van der Waals surface area contributed by atoms with Gasteiger partial charge in [-0.2, -0.15) is 0 Å². The molecule has 1 aliphatic carbocycles. The van der Waals surface area contributed by atoms with Crippen molar-refractivity contribution >= 4 is 12.1 Å². The molecule has 0 aromatic heterocycles. The number of carbonyl (C=O) groups is 2. The Kier molecular flexibility index (Phi) is 4.05. The van der Waals surface area contributed by atoms with Gasteiger partial charge in [0.25, 0.3) is 0 Å². The summed E-state index contributed by atoms with van der Waals surface area (Å²) in [4.78, 5) is 24.5. The van der Waals surface area contributed by atoms with Gasteiger partial charge in [0.2, 0.25) is 0 Å². The normalized spacial score (nSPS) is 24.9. The van der Waals surface area contributed by atoms with Gasteiger partial charge in [0.05, 0.1) is 18.7 Å². The minimum atomic E-state index is -0.865. The number of nitrogens with zero attached hydrogens (tertiary/aromatic N) is 1. The van der Waals surface area contributed by atoms with Gasteiger partial charge < -0.3 is 14.7 Å². The maximum atomic E-state index is 11.5. The third kappa shape index (κ3) is 2.93. The number of carboxylic acid groups (broad SMARTS) is 1. The van der Waals surface area contributed by atoms with E-state index in [4.69, 9.17) is 4.74 Å². The molecular formula is C17H21NO4. The van der Waals surface area contributed by atoms with Gasteiger partial charge in [-0.25, -0.2) is 9.59 Å². The van der Waals surface area contributed by atoms with E-state index in [0.717, 1.165) is 24.3 Å². The topological polar surface area (TPSA) is 66.8 Å². The van der Waals surface area contributed by atoms with Gasteiger partial charge in [0.15, 0.2) is 0 Å². The maximum absolute atomic E-state index is 11.5. The lowest BCUT2D eigenvalue weighted by atomic mass is 9.84. The number of esters is 1. The van der Waals surface area contributed by atoms with Crippen LogP contribution in [0.15, 0.2) is 24.3 Å². The molecule has 22 heavy (non-hydrogen) atoms. The fourth-order valence-corrected chi connectivity index (χ4v) is 3.49. The van der Waals surface area contributed by atoms with Crippen molar-refractivity contribution in [3.63, 3.8) is 0 Å². The molecule has 1 saturated carbocycles. The largest absolute Gasteiger partial charge is 0.465 e. The molecule has 2 fully saturated rings. The van der Waals surface area contributed by atoms with Crippen LogP contribution in [0.25, 0.3) is 0 Å². The van der Waals surface area contributed by atoms with Crippen LogP contribution in [0.5, 0.6) is 0 Å². The van der Waals surface area contributed by atoms with E-state index in [1.54, 1.807) is 12.1 Å². The van der Waals surface area contributed by atoms with E-state index in [-0.39, 0.29) is 12.0 Å². The molecule has 118 valence electrons. The molecule has 1 amide bonds. The monoisotopic (exact) mass is 303 g/mol. The molecule has 1 aromatic rings. The summed E-state index contributed by atoms with van der Waals surface area (Å²) in [5.41, 5.74) is 1.45. The Hall–Kier alpha value is -2.04. The summed E-state index contributed by atoms with van der Waals surface area (Å²) >= 11 is 0. The lowest BCUT2D eigenvalue weighted by Gasteiger charge is -2.38. The highest BCUT2D eigenvalue weighted by molar-refractivity contribution is 5.89. The highest BCUT2D eigenvalue weighted by Gasteiger charge is 2.39. The molecule has 1 aromatic carbocycles. The zero-order valence-electron chi connectivity index (χ0n) is 12.7. The highest BCUT2D eigenvalue weighted by atomic mass is 16.5. The van der Waals surface area contributed by atoms with E-state index in [1.807, 2.05) is 12.1 Å². The first-order chi connectivity index (χ1) is 10.6. The summed E-state index contributed by atoms with van der Waals surface area (Å²) in [7, 11) is 1.35. The molecule has 1 aliphatic heterocycles. The second-order valence-electron chi connectivity index (χ2n) is 6.23. The Morgan fingerprint density at radius 1 is 1.14 bits per heavy atom. The fourth-order valence-electron chi connectivity index (χ4n) is 3.49. The Morgan fingerprint density at radius 2 is 1.82 bits per heavy atom. The average molecular weight is 303 g/mol. The van der Waals surface area contributed by atoms with E-state index in [9.17, 15) is 14.7 Å². The summed E-state index contributed by atoms with van der Waals surface area (Å²) in [6.07, 6.45) is 3.55. The summed E-state index contributed by atoms with van der Waals surface area (Å²) < 4.78 is 4.69. The summed E-state index contributed by atoms with van der Waals surface area (Å²) in [6.45, 7) is 0.597. The highest BCUT2D eigenvalue weighted by Crippen LogP contribution is 2.46. The molecule has 1 saturated heterocycles. The zero-order chi connectivity index (χ0) is 15.7. The van der Waals surface area contributed by atoms with Crippen molar-refractivity contribution in [3.8, 4) is 0 Å². The SMILES string of the molecule is COC(=O)c1ccc([C@@H]2CC(C3CC3)CCN2C(=O)O)cc1. The number of piperidine rings is 1. The van der Waals surface area contributed by atoms with E-state index in [2.05, 4.69) is 0 Å². The minimum absolute atomic E-state index is 0.108. The third-order valence-corrected chi connectivity index (χ3v) is 4.89. The fraction of sp³-hybridized carbons (Fsp3) is 0.529. The van der Waals surface area contributed by atoms with Gasteiger partial charge in [0.1, 0.15) is 0 Å². The van der Waals surface area contributed by atoms with Crippen molar-refractivity contribution in [1.29, 1.82) is 0 Å². The Balaban J connectivity index is 1.81. The number of amides is 1. The van der Waals surface area contributed by atoms with Crippen LogP contribution in [0.4, 0.5) is 4.79 Å². The smallest absolute Gasteiger partial charge is 0.407 e. The quantitative estimate of drug-likeness (QED) is 0.870. The van der Waals surface area contributed by atoms with Gasteiger partial charge >= 0.3 is 12.1 Å². The van der Waals surface area contributed by atoms with Gasteiger partial charge in [-0.05, 0) is 55.2 Å². The standard InChI is InChI=1S/C17H21NO4/c1-22-16(19)13-6-4-12(5-7-13)15-10-14(11-2-3-11)8-9-18(15)17(20)21/h4-7,11,14-15H,2-3,8-10H2,1H3,(H,20,21)/t14?,15-/m0/s1. The number of ether oxygens (including phenoxy) is 1. The molecule has 0 bridgehead atoms. The lowest BCUT2D eigenvalue weighted by Crippen LogP contribution is -2.40. The van der Waals surface area contributed by atoms with Gasteiger partial charge in [-0.3, -0.25) is 0 Å². The molecule has 3 rings (SSSR count). The predicted octanol–water partition coefficient (Wildman–Crippen LogP) is 3.31. The van der Waals surface area contributed by atoms with Crippen LogP contribution in [-0.4, -0.2) is 35.7 Å². The first-order valence-corrected chi connectivity index (χ1v) is 7.78. The van der Waals surface area contributed by atoms with Crippen LogP contribution >= 0.6 is 0 Å². The first-order valence-electron chi connectivity index (χ1n) is 7.78. The third-order valence-electron chi connectivity index (χ3n) is 4.89. The van der Waals surface area contributed by atoms with Crippen LogP contribution in [0.3, 0.4) is 0 Å². The van der Waals surface area contributed by atoms with E-state index in [0.29, 0.717) is 18.0 Å². The molecule has 0 radical (unpaired) electrons. The van der Waals surface area contributed by atoms with Crippen molar-refractivity contribution in [3.05, 3.63) is 35.4 Å². The number of rotatable bonds is 3. The van der Waals surface area contributed by atoms with Crippen LogP contribution < -0.4 is 0 Å². The van der Waals surface area contributed by atoms with Crippen LogP contribution in [-0.2, 0) is 4.74 Å². The minimum Gasteiger partial charge on any atom is -0.465 e. The molecule has 5 heteroatoms. The number of hydrogen-bond donors (Lipinski definition) is 1. The second-order valence-corrected chi connectivity index (χ2v) is 6.23. The second kappa shape index (κ2) is 5.99. The molecule has 1 unspecified atom stereocenters. The molecule has 1 N–H and O–H groups in total. The van der Waals surface area contributed by atoms with Gasteiger partial charge in [0, 0.05) is 6.54 Å². The number of hydrogen-bond acceptors (Lipinski definition) is 3. The number of likely N-dealkylation sites (tertiary alicyclic amines) is 1. The Morgan fingerprint density at radius 3 is 2.36 bits per heavy atom. The van der Waals surface area contributed by atoms with Crippen molar-refractivity contribution in [2.45, 2.75) is 31.7 Å². The number of methoxy groups -OCH3 is 1. The summed E-state index contributed by atoms with van der Waals surface area (Å²) in [5.74, 6) is 1.04. The Labute approximate surface area is 129 Å². The van der Waals surface area contributed by atoms with Gasteiger partial charge in [-0.15, -0.1) is 0 Å². The first kappa shape index (κ1) is 14.9. The van der Waals surface area contributed by atoms with Crippen molar-refractivity contribution in [2.75, 3.05) is 13.7 Å².